The highest BCUT2D eigenvalue weighted by molar-refractivity contribution is 7.99. The molecule has 1 fully saturated rings. The van der Waals surface area contributed by atoms with Gasteiger partial charge in [0.25, 0.3) is 0 Å². The van der Waals surface area contributed by atoms with Crippen molar-refractivity contribution in [3.63, 3.8) is 0 Å². The third-order valence-electron chi connectivity index (χ3n) is 2.82. The lowest BCUT2D eigenvalue weighted by Crippen LogP contribution is -2.41. The maximum Gasteiger partial charge on any atom is 0.232 e. The van der Waals surface area contributed by atoms with E-state index in [9.17, 15) is 4.79 Å². The SMILES string of the molecule is Cl.Cl.O=C(CC1CSCCN1)NCCOc1ncccc1Cl. The van der Waals surface area contributed by atoms with Crippen LogP contribution in [0.2, 0.25) is 5.02 Å². The summed E-state index contributed by atoms with van der Waals surface area (Å²) < 4.78 is 5.40. The highest BCUT2D eigenvalue weighted by Crippen LogP contribution is 2.19. The van der Waals surface area contributed by atoms with Crippen LogP contribution >= 0.6 is 48.2 Å². The Morgan fingerprint density at radius 2 is 2.36 bits per heavy atom. The van der Waals surface area contributed by atoms with Gasteiger partial charge in [0.05, 0.1) is 6.54 Å². The first-order valence-electron chi connectivity index (χ1n) is 6.57. The molecule has 1 aromatic rings. The molecule has 2 heterocycles. The van der Waals surface area contributed by atoms with Crippen molar-refractivity contribution in [1.29, 1.82) is 0 Å². The number of nitrogens with one attached hydrogen (secondary N) is 2. The number of hydrogen-bond acceptors (Lipinski definition) is 5. The second-order valence-electron chi connectivity index (χ2n) is 4.42. The first-order valence-corrected chi connectivity index (χ1v) is 8.10. The standard InChI is InChI=1S/C13H18ClN3O2S.2ClH/c14-11-2-1-3-17-13(11)19-6-4-16-12(18)8-10-9-20-7-5-15-10;;/h1-3,10,15H,4-9H2,(H,16,18);2*1H. The van der Waals surface area contributed by atoms with Crippen molar-refractivity contribution in [2.45, 2.75) is 12.5 Å². The molecule has 5 nitrogen and oxygen atoms in total. The number of amides is 1. The summed E-state index contributed by atoms with van der Waals surface area (Å²) in [6, 6.07) is 3.74. The molecule has 1 aromatic heterocycles. The quantitative estimate of drug-likeness (QED) is 0.731. The largest absolute Gasteiger partial charge is 0.475 e. The zero-order valence-electron chi connectivity index (χ0n) is 11.9. The molecular weight excluding hydrogens is 369 g/mol. The van der Waals surface area contributed by atoms with Crippen LogP contribution in [0.15, 0.2) is 18.3 Å². The van der Waals surface area contributed by atoms with E-state index < -0.39 is 0 Å². The van der Waals surface area contributed by atoms with Gasteiger partial charge in [-0.2, -0.15) is 11.8 Å². The summed E-state index contributed by atoms with van der Waals surface area (Å²) in [4.78, 5) is 15.7. The number of halogens is 3. The molecule has 9 heteroatoms. The van der Waals surface area contributed by atoms with Gasteiger partial charge in [0, 0.05) is 36.7 Å². The van der Waals surface area contributed by atoms with E-state index in [1.54, 1.807) is 18.3 Å². The smallest absolute Gasteiger partial charge is 0.232 e. The van der Waals surface area contributed by atoms with Gasteiger partial charge in [-0.3, -0.25) is 4.79 Å². The predicted octanol–water partition coefficient (Wildman–Crippen LogP) is 2.17. The van der Waals surface area contributed by atoms with Crippen molar-refractivity contribution in [3.8, 4) is 5.88 Å². The van der Waals surface area contributed by atoms with Crippen molar-refractivity contribution in [1.82, 2.24) is 15.6 Å². The van der Waals surface area contributed by atoms with E-state index in [1.165, 1.54) is 0 Å². The van der Waals surface area contributed by atoms with Crippen LogP contribution in [-0.2, 0) is 4.79 Å². The second-order valence-corrected chi connectivity index (χ2v) is 5.98. The Bertz CT molecular complexity index is 448. The minimum absolute atomic E-state index is 0. The van der Waals surface area contributed by atoms with Gasteiger partial charge in [0.15, 0.2) is 0 Å². The molecule has 0 aromatic carbocycles. The van der Waals surface area contributed by atoms with E-state index in [1.807, 2.05) is 11.8 Å². The zero-order chi connectivity index (χ0) is 14.2. The van der Waals surface area contributed by atoms with Gasteiger partial charge >= 0.3 is 0 Å². The minimum Gasteiger partial charge on any atom is -0.475 e. The lowest BCUT2D eigenvalue weighted by molar-refractivity contribution is -0.121. The van der Waals surface area contributed by atoms with Crippen molar-refractivity contribution in [2.24, 2.45) is 0 Å². The van der Waals surface area contributed by atoms with E-state index in [-0.39, 0.29) is 36.8 Å². The molecule has 2 rings (SSSR count). The van der Waals surface area contributed by atoms with E-state index in [2.05, 4.69) is 15.6 Å². The number of rotatable bonds is 6. The van der Waals surface area contributed by atoms with E-state index in [0.29, 0.717) is 30.5 Å². The van der Waals surface area contributed by atoms with Crippen molar-refractivity contribution in [2.75, 3.05) is 31.2 Å². The van der Waals surface area contributed by atoms with Crippen LogP contribution < -0.4 is 15.4 Å². The van der Waals surface area contributed by atoms with Crippen LogP contribution in [0.5, 0.6) is 5.88 Å². The Balaban J connectivity index is 0.00000220. The molecule has 0 radical (unpaired) electrons. The van der Waals surface area contributed by atoms with Crippen LogP contribution in [0.4, 0.5) is 0 Å². The highest BCUT2D eigenvalue weighted by Gasteiger charge is 2.16. The van der Waals surface area contributed by atoms with Crippen molar-refractivity contribution >= 4 is 54.1 Å². The molecule has 1 saturated heterocycles. The number of hydrogen-bond donors (Lipinski definition) is 2. The fraction of sp³-hybridized carbons (Fsp3) is 0.538. The fourth-order valence-electron chi connectivity index (χ4n) is 1.86. The number of carbonyl (C=O) groups is 1. The van der Waals surface area contributed by atoms with Gasteiger partial charge in [-0.1, -0.05) is 11.6 Å². The summed E-state index contributed by atoms with van der Waals surface area (Å²) in [5.74, 6) is 2.55. The molecular formula is C13H20Cl3N3O2S. The highest BCUT2D eigenvalue weighted by atomic mass is 35.5. The summed E-state index contributed by atoms with van der Waals surface area (Å²) in [7, 11) is 0. The molecule has 0 saturated carbocycles. The lowest BCUT2D eigenvalue weighted by Gasteiger charge is -2.22. The van der Waals surface area contributed by atoms with Gasteiger partial charge in [0.2, 0.25) is 11.8 Å². The summed E-state index contributed by atoms with van der Waals surface area (Å²) in [5, 5.41) is 6.64. The maximum absolute atomic E-state index is 11.7. The lowest BCUT2D eigenvalue weighted by atomic mass is 10.2. The fourth-order valence-corrected chi connectivity index (χ4v) is 2.99. The predicted molar refractivity (Wildman–Crippen MR) is 96.0 cm³/mol. The molecule has 22 heavy (non-hydrogen) atoms. The molecule has 0 aliphatic carbocycles. The molecule has 2 N–H and O–H groups in total. The van der Waals surface area contributed by atoms with Gasteiger partial charge in [-0.25, -0.2) is 4.98 Å². The molecule has 126 valence electrons. The minimum atomic E-state index is 0. The summed E-state index contributed by atoms with van der Waals surface area (Å²) in [6.07, 6.45) is 2.13. The third kappa shape index (κ3) is 7.74. The Kier molecular flexibility index (Phi) is 11.9. The van der Waals surface area contributed by atoms with Crippen LogP contribution in [0.1, 0.15) is 6.42 Å². The molecule has 1 amide bonds. The summed E-state index contributed by atoms with van der Waals surface area (Å²) >= 11 is 7.79. The molecule has 1 aliphatic rings. The first kappa shape index (κ1) is 21.6. The average molecular weight is 389 g/mol. The van der Waals surface area contributed by atoms with E-state index >= 15 is 0 Å². The first-order chi connectivity index (χ1) is 9.75. The third-order valence-corrected chi connectivity index (χ3v) is 4.24. The Morgan fingerprint density at radius 1 is 1.55 bits per heavy atom. The molecule has 1 aliphatic heterocycles. The summed E-state index contributed by atoms with van der Waals surface area (Å²) in [6.45, 7) is 1.78. The molecule has 0 bridgehead atoms. The number of carbonyl (C=O) groups excluding carboxylic acids is 1. The van der Waals surface area contributed by atoms with Gasteiger partial charge in [-0.15, -0.1) is 24.8 Å². The van der Waals surface area contributed by atoms with Gasteiger partial charge in [0.1, 0.15) is 11.6 Å². The van der Waals surface area contributed by atoms with Crippen LogP contribution in [-0.4, -0.2) is 48.1 Å². The normalized spacial score (nSPS) is 16.9. The molecule has 1 atom stereocenters. The van der Waals surface area contributed by atoms with Gasteiger partial charge < -0.3 is 15.4 Å². The second kappa shape index (κ2) is 12.1. The average Bonchev–Trinajstić information content (AvgIpc) is 2.46. The number of thioether (sulfide) groups is 1. The molecule has 1 unspecified atom stereocenters. The number of nitrogens with zero attached hydrogens (tertiary/aromatic N) is 1. The van der Waals surface area contributed by atoms with Crippen LogP contribution in [0.25, 0.3) is 0 Å². The zero-order valence-corrected chi connectivity index (χ0v) is 15.1. The van der Waals surface area contributed by atoms with E-state index in [4.69, 9.17) is 16.3 Å². The number of pyridine rings is 1. The molecule has 0 spiro atoms. The van der Waals surface area contributed by atoms with Crippen LogP contribution in [0.3, 0.4) is 0 Å². The Hall–Kier alpha value is -0.400. The monoisotopic (exact) mass is 387 g/mol. The number of ether oxygens (including phenoxy) is 1. The van der Waals surface area contributed by atoms with Gasteiger partial charge in [-0.05, 0) is 12.1 Å². The van der Waals surface area contributed by atoms with Crippen LogP contribution in [0, 0.1) is 0 Å². The van der Waals surface area contributed by atoms with Crippen molar-refractivity contribution < 1.29 is 9.53 Å². The summed E-state index contributed by atoms with van der Waals surface area (Å²) in [5.41, 5.74) is 0. The Labute approximate surface area is 152 Å². The number of aromatic nitrogens is 1. The van der Waals surface area contributed by atoms with E-state index in [0.717, 1.165) is 18.1 Å². The Morgan fingerprint density at radius 3 is 3.05 bits per heavy atom. The topological polar surface area (TPSA) is 63.2 Å². The van der Waals surface area contributed by atoms with Crippen molar-refractivity contribution in [3.05, 3.63) is 23.4 Å². The maximum atomic E-state index is 11.7.